The third-order valence-corrected chi connectivity index (χ3v) is 4.08. The highest BCUT2D eigenvalue weighted by molar-refractivity contribution is 5.41. The highest BCUT2D eigenvalue weighted by Crippen LogP contribution is 2.22. The molecule has 1 aliphatic rings. The predicted molar refractivity (Wildman–Crippen MR) is 74.9 cm³/mol. The molecular formula is C16H26NO+. The highest BCUT2D eigenvalue weighted by Gasteiger charge is 2.25. The lowest BCUT2D eigenvalue weighted by Crippen LogP contribution is -3.13. The smallest absolute Gasteiger partial charge is 0.121 e. The maximum Gasteiger partial charge on any atom is 0.121 e. The standard InChI is InChI=1S/C16H25NO/c1-11-5-12(2)9-17(8-11)10-15-6-13(3)16(18)14(4)7-15/h6-7,11-12,18H,5,8-10H2,1-4H3/p+1/t11-,12-/m1/s1. The molecule has 0 bridgehead atoms. The quantitative estimate of drug-likeness (QED) is 0.823. The molecule has 1 aromatic rings. The molecule has 1 saturated heterocycles. The van der Waals surface area contributed by atoms with Gasteiger partial charge in [-0.05, 0) is 43.5 Å². The first-order chi connectivity index (χ1) is 8.45. The van der Waals surface area contributed by atoms with Crippen molar-refractivity contribution in [2.45, 2.75) is 40.7 Å². The topological polar surface area (TPSA) is 24.7 Å². The molecule has 1 aromatic carbocycles. The molecule has 2 rings (SSSR count). The fourth-order valence-electron chi connectivity index (χ4n) is 3.50. The second-order valence-electron chi connectivity index (χ2n) is 6.36. The number of aryl methyl sites for hydroxylation is 2. The van der Waals surface area contributed by atoms with Crippen molar-refractivity contribution < 1.29 is 10.0 Å². The van der Waals surface area contributed by atoms with E-state index in [1.54, 1.807) is 4.90 Å². The number of likely N-dealkylation sites (tertiary alicyclic amines) is 1. The minimum Gasteiger partial charge on any atom is -0.507 e. The Morgan fingerprint density at radius 3 is 2.11 bits per heavy atom. The molecule has 100 valence electrons. The van der Waals surface area contributed by atoms with E-state index < -0.39 is 0 Å². The van der Waals surface area contributed by atoms with Gasteiger partial charge in [0, 0.05) is 17.4 Å². The van der Waals surface area contributed by atoms with Crippen LogP contribution in [0.4, 0.5) is 0 Å². The summed E-state index contributed by atoms with van der Waals surface area (Å²) < 4.78 is 0. The minimum atomic E-state index is 0.453. The Hall–Kier alpha value is -1.02. The van der Waals surface area contributed by atoms with Crippen molar-refractivity contribution in [3.05, 3.63) is 28.8 Å². The van der Waals surface area contributed by atoms with Gasteiger partial charge in [-0.3, -0.25) is 0 Å². The first kappa shape index (κ1) is 13.4. The van der Waals surface area contributed by atoms with Crippen LogP contribution < -0.4 is 4.90 Å². The van der Waals surface area contributed by atoms with Gasteiger partial charge in [-0.25, -0.2) is 0 Å². The monoisotopic (exact) mass is 248 g/mol. The second-order valence-corrected chi connectivity index (χ2v) is 6.36. The zero-order valence-electron chi connectivity index (χ0n) is 12.1. The zero-order chi connectivity index (χ0) is 13.3. The number of aromatic hydroxyl groups is 1. The van der Waals surface area contributed by atoms with E-state index in [4.69, 9.17) is 0 Å². The van der Waals surface area contributed by atoms with Crippen molar-refractivity contribution >= 4 is 0 Å². The largest absolute Gasteiger partial charge is 0.507 e. The SMILES string of the molecule is Cc1cc(C[NH+]2C[C@H](C)C[C@@H](C)C2)cc(C)c1O. The number of hydrogen-bond acceptors (Lipinski definition) is 1. The summed E-state index contributed by atoms with van der Waals surface area (Å²) in [7, 11) is 0. The summed E-state index contributed by atoms with van der Waals surface area (Å²) in [6.07, 6.45) is 1.37. The van der Waals surface area contributed by atoms with Crippen LogP contribution >= 0.6 is 0 Å². The molecule has 0 saturated carbocycles. The summed E-state index contributed by atoms with van der Waals surface area (Å²) in [5, 5.41) is 9.81. The van der Waals surface area contributed by atoms with E-state index in [2.05, 4.69) is 26.0 Å². The summed E-state index contributed by atoms with van der Waals surface area (Å²) in [4.78, 5) is 1.69. The Morgan fingerprint density at radius 2 is 1.61 bits per heavy atom. The molecule has 2 nitrogen and oxygen atoms in total. The fourth-order valence-corrected chi connectivity index (χ4v) is 3.50. The van der Waals surface area contributed by atoms with E-state index in [0.717, 1.165) is 29.5 Å². The van der Waals surface area contributed by atoms with Gasteiger partial charge in [0.25, 0.3) is 0 Å². The molecule has 18 heavy (non-hydrogen) atoms. The average molecular weight is 248 g/mol. The van der Waals surface area contributed by atoms with Gasteiger partial charge in [0.05, 0.1) is 13.1 Å². The summed E-state index contributed by atoms with van der Waals surface area (Å²) in [5.41, 5.74) is 3.36. The van der Waals surface area contributed by atoms with E-state index >= 15 is 0 Å². The number of quaternary nitrogens is 1. The molecule has 1 heterocycles. The number of nitrogens with one attached hydrogen (secondary N) is 1. The van der Waals surface area contributed by atoms with Crippen LogP contribution in [0.5, 0.6) is 5.75 Å². The number of phenolic OH excluding ortho intramolecular Hbond substituents is 1. The van der Waals surface area contributed by atoms with Crippen LogP contribution in [-0.2, 0) is 6.54 Å². The first-order valence-electron chi connectivity index (χ1n) is 7.08. The van der Waals surface area contributed by atoms with Crippen molar-refractivity contribution in [3.63, 3.8) is 0 Å². The Balaban J connectivity index is 2.09. The molecule has 2 N–H and O–H groups in total. The molecule has 0 radical (unpaired) electrons. The molecule has 2 heteroatoms. The highest BCUT2D eigenvalue weighted by atomic mass is 16.3. The van der Waals surface area contributed by atoms with Gasteiger partial charge in [0.1, 0.15) is 12.3 Å². The van der Waals surface area contributed by atoms with Crippen LogP contribution in [0.25, 0.3) is 0 Å². The molecular weight excluding hydrogens is 222 g/mol. The maximum absolute atomic E-state index is 9.81. The predicted octanol–water partition coefficient (Wildman–Crippen LogP) is 2.07. The Morgan fingerprint density at radius 1 is 1.11 bits per heavy atom. The fraction of sp³-hybridized carbons (Fsp3) is 0.625. The summed E-state index contributed by atoms with van der Waals surface area (Å²) >= 11 is 0. The van der Waals surface area contributed by atoms with Gasteiger partial charge in [-0.1, -0.05) is 13.8 Å². The van der Waals surface area contributed by atoms with Crippen LogP contribution in [0.2, 0.25) is 0 Å². The van der Waals surface area contributed by atoms with E-state index in [0.29, 0.717) is 5.75 Å². The third kappa shape index (κ3) is 3.05. The average Bonchev–Trinajstić information content (AvgIpc) is 2.24. The molecule has 0 unspecified atom stereocenters. The van der Waals surface area contributed by atoms with Gasteiger partial charge in [-0.15, -0.1) is 0 Å². The maximum atomic E-state index is 9.81. The normalized spacial score (nSPS) is 28.3. The van der Waals surface area contributed by atoms with Crippen molar-refractivity contribution in [1.29, 1.82) is 0 Å². The lowest BCUT2D eigenvalue weighted by atomic mass is 9.91. The van der Waals surface area contributed by atoms with E-state index in [9.17, 15) is 5.11 Å². The number of rotatable bonds is 2. The number of benzene rings is 1. The summed E-state index contributed by atoms with van der Waals surface area (Å²) in [5.74, 6) is 2.13. The Labute approximate surface area is 111 Å². The van der Waals surface area contributed by atoms with E-state index in [1.807, 2.05) is 13.8 Å². The second kappa shape index (κ2) is 5.31. The van der Waals surface area contributed by atoms with Crippen LogP contribution in [-0.4, -0.2) is 18.2 Å². The van der Waals surface area contributed by atoms with Gasteiger partial charge in [0.2, 0.25) is 0 Å². The van der Waals surface area contributed by atoms with Gasteiger partial charge in [0.15, 0.2) is 0 Å². The Kier molecular flexibility index (Phi) is 3.96. The minimum absolute atomic E-state index is 0.453. The van der Waals surface area contributed by atoms with Gasteiger partial charge < -0.3 is 10.0 Å². The van der Waals surface area contributed by atoms with Crippen molar-refractivity contribution in [2.24, 2.45) is 11.8 Å². The first-order valence-corrected chi connectivity index (χ1v) is 7.08. The molecule has 1 fully saturated rings. The summed E-state index contributed by atoms with van der Waals surface area (Å²) in [6.45, 7) is 12.4. The zero-order valence-corrected chi connectivity index (χ0v) is 12.1. The third-order valence-electron chi connectivity index (χ3n) is 4.08. The van der Waals surface area contributed by atoms with E-state index in [1.165, 1.54) is 25.1 Å². The number of hydrogen-bond donors (Lipinski definition) is 2. The van der Waals surface area contributed by atoms with Crippen LogP contribution in [0, 0.1) is 25.7 Å². The van der Waals surface area contributed by atoms with Crippen LogP contribution in [0.1, 0.15) is 37.0 Å². The molecule has 1 aliphatic heterocycles. The number of phenols is 1. The molecule has 0 aromatic heterocycles. The molecule has 0 amide bonds. The van der Waals surface area contributed by atoms with Crippen LogP contribution in [0.3, 0.4) is 0 Å². The molecule has 0 aliphatic carbocycles. The van der Waals surface area contributed by atoms with E-state index in [-0.39, 0.29) is 0 Å². The Bertz CT molecular complexity index is 394. The molecule has 0 spiro atoms. The lowest BCUT2D eigenvalue weighted by molar-refractivity contribution is -0.925. The molecule has 2 atom stereocenters. The number of piperidine rings is 1. The summed E-state index contributed by atoms with van der Waals surface area (Å²) in [6, 6.07) is 4.28. The van der Waals surface area contributed by atoms with Crippen molar-refractivity contribution in [3.8, 4) is 5.75 Å². The van der Waals surface area contributed by atoms with Gasteiger partial charge in [-0.2, -0.15) is 0 Å². The van der Waals surface area contributed by atoms with Crippen LogP contribution in [0.15, 0.2) is 12.1 Å². The van der Waals surface area contributed by atoms with Gasteiger partial charge >= 0.3 is 0 Å². The lowest BCUT2D eigenvalue weighted by Gasteiger charge is -2.32. The van der Waals surface area contributed by atoms with Crippen molar-refractivity contribution in [2.75, 3.05) is 13.1 Å². The van der Waals surface area contributed by atoms with Crippen molar-refractivity contribution in [1.82, 2.24) is 0 Å².